The molecule has 0 aliphatic carbocycles. The van der Waals surface area contributed by atoms with Crippen LogP contribution in [0.4, 0.5) is 15.2 Å². The quantitative estimate of drug-likeness (QED) is 0.376. The molecule has 1 saturated heterocycles. The molecular formula is C23H22FN5O3S. The van der Waals surface area contributed by atoms with Crippen molar-refractivity contribution < 1.29 is 19.1 Å². The van der Waals surface area contributed by atoms with Gasteiger partial charge < -0.3 is 10.0 Å². The molecule has 8 nitrogen and oxygen atoms in total. The molecular weight excluding hydrogens is 445 g/mol. The SMILES string of the molecule is CC(=O)NN=Cc1cc(C(=O)Nc2ncc(-c3cccc(N4CCCC4)c3)s2)cc(F)c1O. The van der Waals surface area contributed by atoms with Gasteiger partial charge in [0.25, 0.3) is 5.91 Å². The van der Waals surface area contributed by atoms with Gasteiger partial charge in [0, 0.05) is 43.0 Å². The first kappa shape index (κ1) is 22.4. The Labute approximate surface area is 193 Å². The second-order valence-electron chi connectivity index (χ2n) is 7.55. The van der Waals surface area contributed by atoms with Gasteiger partial charge in [-0.25, -0.2) is 14.8 Å². The van der Waals surface area contributed by atoms with Gasteiger partial charge in [-0.3, -0.25) is 14.9 Å². The first-order valence-electron chi connectivity index (χ1n) is 10.4. The molecule has 0 atom stereocenters. The molecule has 170 valence electrons. The van der Waals surface area contributed by atoms with Crippen LogP contribution in [0.15, 0.2) is 47.7 Å². The fraction of sp³-hybridized carbons (Fsp3) is 0.217. The van der Waals surface area contributed by atoms with Crippen LogP contribution in [-0.4, -0.2) is 41.2 Å². The average Bonchev–Trinajstić information content (AvgIpc) is 3.49. The summed E-state index contributed by atoms with van der Waals surface area (Å²) in [7, 11) is 0. The summed E-state index contributed by atoms with van der Waals surface area (Å²) in [6.07, 6.45) is 5.14. The number of phenolic OH excluding ortho intramolecular Hbond substituents is 1. The molecule has 0 bridgehead atoms. The Hall–Kier alpha value is -3.79. The number of nitrogens with one attached hydrogen (secondary N) is 2. The first-order chi connectivity index (χ1) is 15.9. The number of thiazole rings is 1. The van der Waals surface area contributed by atoms with E-state index >= 15 is 0 Å². The zero-order chi connectivity index (χ0) is 23.4. The number of hydrazone groups is 1. The summed E-state index contributed by atoms with van der Waals surface area (Å²) < 4.78 is 14.1. The van der Waals surface area contributed by atoms with Crippen molar-refractivity contribution in [1.82, 2.24) is 10.4 Å². The highest BCUT2D eigenvalue weighted by molar-refractivity contribution is 7.19. The van der Waals surface area contributed by atoms with Crippen molar-refractivity contribution in [2.75, 3.05) is 23.3 Å². The van der Waals surface area contributed by atoms with Crippen LogP contribution in [-0.2, 0) is 4.79 Å². The van der Waals surface area contributed by atoms with E-state index < -0.39 is 23.4 Å². The monoisotopic (exact) mass is 467 g/mol. The summed E-state index contributed by atoms with van der Waals surface area (Å²) in [4.78, 5) is 31.1. The Kier molecular flexibility index (Phi) is 6.64. The molecule has 1 fully saturated rings. The zero-order valence-electron chi connectivity index (χ0n) is 17.8. The van der Waals surface area contributed by atoms with Gasteiger partial charge in [-0.15, -0.1) is 0 Å². The molecule has 2 aromatic carbocycles. The predicted octanol–water partition coefficient (Wildman–Crippen LogP) is 3.98. The number of amides is 2. The van der Waals surface area contributed by atoms with E-state index in [-0.39, 0.29) is 11.1 Å². The van der Waals surface area contributed by atoms with E-state index in [9.17, 15) is 19.1 Å². The molecule has 4 rings (SSSR count). The molecule has 0 saturated carbocycles. The van der Waals surface area contributed by atoms with Crippen molar-refractivity contribution in [2.24, 2.45) is 5.10 Å². The van der Waals surface area contributed by atoms with Crippen LogP contribution in [0, 0.1) is 5.82 Å². The normalized spacial score (nSPS) is 13.5. The number of benzene rings is 2. The highest BCUT2D eigenvalue weighted by Crippen LogP contribution is 2.32. The number of hydrogen-bond acceptors (Lipinski definition) is 7. The minimum atomic E-state index is -0.981. The molecule has 10 heteroatoms. The van der Waals surface area contributed by atoms with Gasteiger partial charge in [0.2, 0.25) is 5.91 Å². The topological polar surface area (TPSA) is 107 Å². The van der Waals surface area contributed by atoms with Crippen LogP contribution in [0.3, 0.4) is 0 Å². The van der Waals surface area contributed by atoms with Crippen molar-refractivity contribution in [1.29, 1.82) is 0 Å². The number of nitrogens with zero attached hydrogens (tertiary/aromatic N) is 3. The molecule has 2 amide bonds. The number of rotatable bonds is 6. The molecule has 0 spiro atoms. The summed E-state index contributed by atoms with van der Waals surface area (Å²) in [6.45, 7) is 3.36. The largest absolute Gasteiger partial charge is 0.504 e. The van der Waals surface area contributed by atoms with Crippen LogP contribution in [0.1, 0.15) is 35.7 Å². The maximum atomic E-state index is 14.1. The molecule has 3 aromatic rings. The third kappa shape index (κ3) is 5.35. The lowest BCUT2D eigenvalue weighted by atomic mass is 10.1. The van der Waals surface area contributed by atoms with E-state index in [1.807, 2.05) is 12.1 Å². The predicted molar refractivity (Wildman–Crippen MR) is 126 cm³/mol. The maximum absolute atomic E-state index is 14.1. The van der Waals surface area contributed by atoms with E-state index in [4.69, 9.17) is 0 Å². The van der Waals surface area contributed by atoms with E-state index in [0.717, 1.165) is 41.5 Å². The number of carbonyl (C=O) groups excluding carboxylic acids is 2. The second-order valence-corrected chi connectivity index (χ2v) is 8.58. The van der Waals surface area contributed by atoms with E-state index in [0.29, 0.717) is 5.13 Å². The van der Waals surface area contributed by atoms with Gasteiger partial charge in [0.05, 0.1) is 11.1 Å². The van der Waals surface area contributed by atoms with Crippen LogP contribution < -0.4 is 15.6 Å². The fourth-order valence-corrected chi connectivity index (χ4v) is 4.32. The van der Waals surface area contributed by atoms with Crippen LogP contribution in [0.25, 0.3) is 10.4 Å². The molecule has 2 heterocycles. The Morgan fingerprint density at radius 3 is 2.79 bits per heavy atom. The Balaban J connectivity index is 1.50. The molecule has 0 unspecified atom stereocenters. The minimum Gasteiger partial charge on any atom is -0.504 e. The zero-order valence-corrected chi connectivity index (χ0v) is 18.7. The Morgan fingerprint density at radius 2 is 2.03 bits per heavy atom. The van der Waals surface area contributed by atoms with Gasteiger partial charge in [-0.2, -0.15) is 5.10 Å². The lowest BCUT2D eigenvalue weighted by molar-refractivity contribution is -0.118. The molecule has 0 radical (unpaired) electrons. The number of carbonyl (C=O) groups is 2. The maximum Gasteiger partial charge on any atom is 0.257 e. The standard InChI is InChI=1S/C23H22FN5O3S/c1-14(30)28-26-12-17-9-16(11-19(24)21(17)31)22(32)27-23-25-13-20(33-23)15-5-4-6-18(10-15)29-7-2-3-8-29/h4-6,9-13,31H,2-3,7-8H2,1H3,(H,28,30)(H,25,27,32). The highest BCUT2D eigenvalue weighted by atomic mass is 32.1. The smallest absolute Gasteiger partial charge is 0.257 e. The Bertz CT molecular complexity index is 1220. The molecule has 1 aliphatic rings. The van der Waals surface area contributed by atoms with Crippen LogP contribution in [0.2, 0.25) is 0 Å². The third-order valence-corrected chi connectivity index (χ3v) is 6.07. The number of aromatic nitrogens is 1. The first-order valence-corrected chi connectivity index (χ1v) is 11.2. The van der Waals surface area contributed by atoms with Crippen LogP contribution in [0.5, 0.6) is 5.75 Å². The lowest BCUT2D eigenvalue weighted by Gasteiger charge is -2.18. The average molecular weight is 468 g/mol. The van der Waals surface area contributed by atoms with Gasteiger partial charge in [-0.05, 0) is 42.7 Å². The van der Waals surface area contributed by atoms with Crippen molar-refractivity contribution >= 4 is 40.2 Å². The third-order valence-electron chi connectivity index (χ3n) is 5.11. The molecule has 3 N–H and O–H groups in total. The van der Waals surface area contributed by atoms with Gasteiger partial charge in [-0.1, -0.05) is 23.5 Å². The van der Waals surface area contributed by atoms with E-state index in [1.54, 1.807) is 6.20 Å². The molecule has 1 aliphatic heterocycles. The summed E-state index contributed by atoms with van der Waals surface area (Å²) in [5.41, 5.74) is 4.25. The number of phenols is 1. The van der Waals surface area contributed by atoms with E-state index in [2.05, 4.69) is 37.9 Å². The van der Waals surface area contributed by atoms with Crippen molar-refractivity contribution in [2.45, 2.75) is 19.8 Å². The van der Waals surface area contributed by atoms with Gasteiger partial charge >= 0.3 is 0 Å². The molecule has 33 heavy (non-hydrogen) atoms. The van der Waals surface area contributed by atoms with Crippen molar-refractivity contribution in [3.8, 4) is 16.2 Å². The minimum absolute atomic E-state index is 0.0256. The van der Waals surface area contributed by atoms with Gasteiger partial charge in [0.15, 0.2) is 16.7 Å². The molecule has 1 aromatic heterocycles. The lowest BCUT2D eigenvalue weighted by Crippen LogP contribution is -2.17. The number of aromatic hydroxyl groups is 1. The summed E-state index contributed by atoms with van der Waals surface area (Å²) in [6, 6.07) is 10.4. The Morgan fingerprint density at radius 1 is 1.24 bits per heavy atom. The fourth-order valence-electron chi connectivity index (χ4n) is 3.51. The van der Waals surface area contributed by atoms with Gasteiger partial charge in [0.1, 0.15) is 0 Å². The summed E-state index contributed by atoms with van der Waals surface area (Å²) >= 11 is 1.31. The van der Waals surface area contributed by atoms with E-state index in [1.165, 1.54) is 37.2 Å². The summed E-state index contributed by atoms with van der Waals surface area (Å²) in [5, 5.41) is 16.5. The van der Waals surface area contributed by atoms with Crippen molar-refractivity contribution in [3.05, 3.63) is 59.5 Å². The van der Waals surface area contributed by atoms with Crippen LogP contribution >= 0.6 is 11.3 Å². The second kappa shape index (κ2) is 9.78. The highest BCUT2D eigenvalue weighted by Gasteiger charge is 2.17. The number of anilines is 2. The number of hydrogen-bond donors (Lipinski definition) is 3. The van der Waals surface area contributed by atoms with Crippen molar-refractivity contribution in [3.63, 3.8) is 0 Å². The summed E-state index contributed by atoms with van der Waals surface area (Å²) in [5.74, 6) is -2.67. The number of halogens is 1.